The lowest BCUT2D eigenvalue weighted by molar-refractivity contribution is -0.275. The smallest absolute Gasteiger partial charge is 0.493 e. The van der Waals surface area contributed by atoms with Crippen molar-refractivity contribution < 1.29 is 41.3 Å². The molecule has 0 unspecified atom stereocenters. The molecule has 1 aliphatic heterocycles. The van der Waals surface area contributed by atoms with E-state index in [1.807, 2.05) is 4.90 Å². The molecular weight excluding hydrogens is 572 g/mol. The van der Waals surface area contributed by atoms with Crippen LogP contribution in [-0.2, 0) is 6.54 Å². The number of nitrogens with one attached hydrogen (secondary N) is 2. The molecule has 1 fully saturated rings. The molecule has 2 heterocycles. The number of carbonyl (C=O) groups is 1. The molecule has 1 saturated heterocycles. The lowest BCUT2D eigenvalue weighted by Gasteiger charge is -2.19. The van der Waals surface area contributed by atoms with Crippen LogP contribution in [0.4, 0.5) is 33.7 Å². The van der Waals surface area contributed by atoms with Crippen LogP contribution in [0.3, 0.4) is 0 Å². The summed E-state index contributed by atoms with van der Waals surface area (Å²) in [6.45, 7) is 1.85. The number of ether oxygens (including phenoxy) is 4. The van der Waals surface area contributed by atoms with E-state index < -0.39 is 24.0 Å². The van der Waals surface area contributed by atoms with Gasteiger partial charge in [-0.15, -0.1) is 13.2 Å². The highest BCUT2D eigenvalue weighted by molar-refractivity contribution is 6.00. The molecule has 2 amide bonds. The highest BCUT2D eigenvalue weighted by Crippen LogP contribution is 2.37. The number of fused-ring (bicyclic) bond motifs is 1. The Labute approximate surface area is 244 Å². The Hall–Kier alpha value is -4.78. The van der Waals surface area contributed by atoms with Gasteiger partial charge in [-0.25, -0.2) is 9.18 Å². The first-order chi connectivity index (χ1) is 20.6. The van der Waals surface area contributed by atoms with Crippen LogP contribution in [-0.4, -0.2) is 49.6 Å². The number of anilines is 2. The molecule has 0 saturated carbocycles. The molecule has 226 valence electrons. The van der Waals surface area contributed by atoms with Gasteiger partial charge in [-0.1, -0.05) is 6.07 Å². The average molecular weight is 601 g/mol. The maximum absolute atomic E-state index is 15.0. The summed E-state index contributed by atoms with van der Waals surface area (Å²) in [5, 5.41) is 5.38. The fourth-order valence-electron chi connectivity index (χ4n) is 4.77. The molecule has 5 rings (SSSR count). The normalized spacial score (nSPS) is 13.5. The molecule has 13 heteroatoms. The first kappa shape index (κ1) is 29.7. The van der Waals surface area contributed by atoms with E-state index in [-0.39, 0.29) is 23.7 Å². The van der Waals surface area contributed by atoms with Gasteiger partial charge in [-0.3, -0.25) is 9.88 Å². The van der Waals surface area contributed by atoms with E-state index in [1.165, 1.54) is 44.7 Å². The zero-order chi connectivity index (χ0) is 30.6. The van der Waals surface area contributed by atoms with Gasteiger partial charge in [0.25, 0.3) is 0 Å². The fourth-order valence-corrected chi connectivity index (χ4v) is 4.77. The minimum Gasteiger partial charge on any atom is -0.493 e. The summed E-state index contributed by atoms with van der Waals surface area (Å²) < 4.78 is 75.0. The summed E-state index contributed by atoms with van der Waals surface area (Å²) in [5.41, 5.74) is 0.775. The van der Waals surface area contributed by atoms with Crippen molar-refractivity contribution in [1.29, 1.82) is 0 Å². The monoisotopic (exact) mass is 600 g/mol. The number of carbonyl (C=O) groups excluding carboxylic acids is 1. The molecule has 0 bridgehead atoms. The van der Waals surface area contributed by atoms with Crippen LogP contribution in [0.1, 0.15) is 18.4 Å². The van der Waals surface area contributed by atoms with Gasteiger partial charge in [-0.05, 0) is 56.3 Å². The summed E-state index contributed by atoms with van der Waals surface area (Å²) in [7, 11) is 3.01. The van der Waals surface area contributed by atoms with Gasteiger partial charge in [0.2, 0.25) is 0 Å². The fraction of sp³-hybridized carbons (Fsp3) is 0.267. The summed E-state index contributed by atoms with van der Waals surface area (Å²) in [6.07, 6.45) is -1.42. The highest BCUT2D eigenvalue weighted by Gasteiger charge is 2.32. The molecule has 1 aromatic heterocycles. The van der Waals surface area contributed by atoms with Gasteiger partial charge in [0.15, 0.2) is 11.5 Å². The summed E-state index contributed by atoms with van der Waals surface area (Å²) in [4.78, 5) is 18.9. The Bertz CT molecular complexity index is 1630. The van der Waals surface area contributed by atoms with Crippen LogP contribution < -0.4 is 29.6 Å². The van der Waals surface area contributed by atoms with Crippen LogP contribution >= 0.6 is 0 Å². The summed E-state index contributed by atoms with van der Waals surface area (Å²) in [6, 6.07) is 12.0. The predicted octanol–water partition coefficient (Wildman–Crippen LogP) is 7.32. The van der Waals surface area contributed by atoms with Gasteiger partial charge in [-0.2, -0.15) is 0 Å². The third-order valence-electron chi connectivity index (χ3n) is 6.77. The lowest BCUT2D eigenvalue weighted by atomic mass is 10.1. The van der Waals surface area contributed by atoms with Crippen molar-refractivity contribution in [2.75, 3.05) is 37.9 Å². The van der Waals surface area contributed by atoms with Crippen LogP contribution in [0.15, 0.2) is 60.8 Å². The number of hydrogen-bond donors (Lipinski definition) is 2. The number of nitrogens with zero attached hydrogens (tertiary/aromatic N) is 2. The lowest BCUT2D eigenvalue weighted by Crippen LogP contribution is -2.23. The SMILES string of the molecule is COc1cc2nccc(Oc3ccc(NC(=O)Nc4ccc(CN5CCCC5)c(OC(F)(F)F)c4)c(F)c3)c2cc1OC. The third kappa shape index (κ3) is 7.36. The number of pyridine rings is 1. The second kappa shape index (κ2) is 12.6. The van der Waals surface area contributed by atoms with Crippen molar-refractivity contribution in [2.45, 2.75) is 25.7 Å². The largest absolute Gasteiger partial charge is 0.573 e. The first-order valence-corrected chi connectivity index (χ1v) is 13.3. The van der Waals surface area contributed by atoms with E-state index >= 15 is 0 Å². The van der Waals surface area contributed by atoms with Crippen molar-refractivity contribution in [2.24, 2.45) is 0 Å². The van der Waals surface area contributed by atoms with E-state index in [0.717, 1.165) is 38.1 Å². The number of methoxy groups -OCH3 is 2. The first-order valence-electron chi connectivity index (χ1n) is 13.3. The van der Waals surface area contributed by atoms with Crippen LogP contribution in [0.5, 0.6) is 28.7 Å². The minimum atomic E-state index is -4.91. The van der Waals surface area contributed by atoms with Gasteiger partial charge in [0.05, 0.1) is 25.4 Å². The van der Waals surface area contributed by atoms with E-state index in [1.54, 1.807) is 18.2 Å². The van der Waals surface area contributed by atoms with Crippen LogP contribution in [0, 0.1) is 5.82 Å². The minimum absolute atomic E-state index is 0.0407. The molecule has 0 spiro atoms. The topological polar surface area (TPSA) is 94.2 Å². The molecule has 43 heavy (non-hydrogen) atoms. The van der Waals surface area contributed by atoms with Gasteiger partial charge >= 0.3 is 12.4 Å². The summed E-state index contributed by atoms with van der Waals surface area (Å²) >= 11 is 0. The Morgan fingerprint density at radius 1 is 0.907 bits per heavy atom. The van der Waals surface area contributed by atoms with Crippen molar-refractivity contribution in [3.05, 3.63) is 72.2 Å². The second-order valence-corrected chi connectivity index (χ2v) is 9.71. The van der Waals surface area contributed by atoms with E-state index in [9.17, 15) is 22.4 Å². The highest BCUT2D eigenvalue weighted by atomic mass is 19.4. The number of alkyl halides is 3. The maximum Gasteiger partial charge on any atom is 0.573 e. The van der Waals surface area contributed by atoms with E-state index in [0.29, 0.717) is 33.7 Å². The Morgan fingerprint density at radius 3 is 2.35 bits per heavy atom. The number of urea groups is 1. The number of benzene rings is 3. The molecular formula is C30H28F4N4O5. The molecule has 9 nitrogen and oxygen atoms in total. The van der Waals surface area contributed by atoms with Crippen molar-refractivity contribution in [3.63, 3.8) is 0 Å². The van der Waals surface area contributed by atoms with Crippen molar-refractivity contribution >= 4 is 28.3 Å². The Kier molecular flexibility index (Phi) is 8.71. The predicted molar refractivity (Wildman–Crippen MR) is 152 cm³/mol. The third-order valence-corrected chi connectivity index (χ3v) is 6.77. The molecule has 3 aromatic carbocycles. The Morgan fingerprint density at radius 2 is 1.65 bits per heavy atom. The molecule has 1 aliphatic rings. The maximum atomic E-state index is 15.0. The van der Waals surface area contributed by atoms with E-state index in [4.69, 9.17) is 14.2 Å². The molecule has 0 aliphatic carbocycles. The number of amides is 2. The quantitative estimate of drug-likeness (QED) is 0.195. The zero-order valence-electron chi connectivity index (χ0n) is 23.3. The number of halogens is 4. The molecule has 4 aromatic rings. The van der Waals surface area contributed by atoms with Crippen LogP contribution in [0.25, 0.3) is 10.9 Å². The molecule has 2 N–H and O–H groups in total. The number of rotatable bonds is 9. The number of aromatic nitrogens is 1. The second-order valence-electron chi connectivity index (χ2n) is 9.71. The molecule has 0 atom stereocenters. The standard InChI is InChI=1S/C30H28F4N4O5/c1-40-27-15-21-24(16-28(27)41-2)35-10-9-25(21)42-20-7-8-23(22(31)14-20)37-29(39)36-19-6-5-18(17-38-11-3-4-12-38)26(13-19)43-30(32,33)34/h5-10,13-16H,3-4,11-12,17H2,1-2H3,(H2,36,37,39). The number of hydrogen-bond acceptors (Lipinski definition) is 7. The van der Waals surface area contributed by atoms with E-state index in [2.05, 4.69) is 20.4 Å². The molecule has 0 radical (unpaired) electrons. The Balaban J connectivity index is 1.28. The summed E-state index contributed by atoms with van der Waals surface area (Å²) in [5.74, 6) is 0.267. The van der Waals surface area contributed by atoms with Gasteiger partial charge in [0.1, 0.15) is 23.1 Å². The van der Waals surface area contributed by atoms with Crippen molar-refractivity contribution in [3.8, 4) is 28.7 Å². The zero-order valence-corrected chi connectivity index (χ0v) is 23.3. The average Bonchev–Trinajstić information content (AvgIpc) is 3.48. The van der Waals surface area contributed by atoms with Crippen molar-refractivity contribution in [1.82, 2.24) is 9.88 Å². The van der Waals surface area contributed by atoms with Gasteiger partial charge < -0.3 is 29.6 Å². The van der Waals surface area contributed by atoms with Crippen LogP contribution in [0.2, 0.25) is 0 Å². The van der Waals surface area contributed by atoms with Gasteiger partial charge in [0, 0.05) is 47.6 Å². The number of likely N-dealkylation sites (tertiary alicyclic amines) is 1.